The van der Waals surface area contributed by atoms with Crippen molar-refractivity contribution in [2.45, 2.75) is 12.3 Å². The molecule has 0 fully saturated rings. The van der Waals surface area contributed by atoms with E-state index < -0.39 is 11.9 Å². The van der Waals surface area contributed by atoms with Gasteiger partial charge in [0.2, 0.25) is 11.7 Å². The van der Waals surface area contributed by atoms with Crippen LogP contribution in [0.15, 0.2) is 12.1 Å². The summed E-state index contributed by atoms with van der Waals surface area (Å²) < 4.78 is 14.2. The monoisotopic (exact) mass is 350 g/mol. The fourth-order valence-electron chi connectivity index (χ4n) is 2.66. The summed E-state index contributed by atoms with van der Waals surface area (Å²) in [6.45, 7) is 0. The topological polar surface area (TPSA) is 118 Å². The Hall–Kier alpha value is -2.81. The first-order valence-electron chi connectivity index (χ1n) is 6.93. The lowest BCUT2D eigenvalue weighted by molar-refractivity contribution is -0.116. The predicted octanol–water partition coefficient (Wildman–Crippen LogP) is 2.04. The average molecular weight is 350 g/mol. The number of phenolic OH excluding ortho intramolecular Hbond substituents is 1. The maximum Gasteiger partial charge on any atom is 0.357 e. The Kier molecular flexibility index (Phi) is 4.02. The molecule has 3 rings (SSSR count). The quantitative estimate of drug-likeness (QED) is 0.772. The summed E-state index contributed by atoms with van der Waals surface area (Å²) in [5.74, 6) is -1.63. The Balaban J connectivity index is 2.14. The zero-order valence-electron chi connectivity index (χ0n) is 12.8. The molecule has 0 saturated carbocycles. The number of phenols is 1. The van der Waals surface area contributed by atoms with Crippen LogP contribution >= 0.6 is 11.5 Å². The van der Waals surface area contributed by atoms with E-state index in [1.54, 1.807) is 12.1 Å². The lowest BCUT2D eigenvalue weighted by Gasteiger charge is -2.23. The third kappa shape index (κ3) is 2.52. The SMILES string of the molecule is COc1cc(C2CC(=O)Nc3c(C(=O)O)nsc32)cc(OC)c1O. The number of methoxy groups -OCH3 is 2. The Bertz CT molecular complexity index is 806. The fraction of sp³-hybridized carbons (Fsp3) is 0.267. The van der Waals surface area contributed by atoms with Gasteiger partial charge in [-0.3, -0.25) is 4.79 Å². The molecule has 9 heteroatoms. The molecule has 1 aliphatic rings. The van der Waals surface area contributed by atoms with Crippen molar-refractivity contribution >= 4 is 29.1 Å². The van der Waals surface area contributed by atoms with Crippen LogP contribution in [0.25, 0.3) is 0 Å². The molecule has 0 radical (unpaired) electrons. The number of nitrogens with one attached hydrogen (secondary N) is 1. The van der Waals surface area contributed by atoms with Gasteiger partial charge in [-0.1, -0.05) is 0 Å². The minimum absolute atomic E-state index is 0.130. The van der Waals surface area contributed by atoms with E-state index in [0.29, 0.717) is 10.4 Å². The smallest absolute Gasteiger partial charge is 0.357 e. The lowest BCUT2D eigenvalue weighted by atomic mass is 9.89. The molecule has 1 amide bonds. The van der Waals surface area contributed by atoms with Crippen LogP contribution in [0.4, 0.5) is 5.69 Å². The number of aromatic hydroxyl groups is 1. The van der Waals surface area contributed by atoms with Gasteiger partial charge in [0.05, 0.1) is 24.8 Å². The van der Waals surface area contributed by atoms with Gasteiger partial charge in [-0.15, -0.1) is 0 Å². The molecule has 3 N–H and O–H groups in total. The van der Waals surface area contributed by atoms with Crippen LogP contribution in [-0.4, -0.2) is 40.7 Å². The molecule has 0 saturated heterocycles. The highest BCUT2D eigenvalue weighted by Crippen LogP contribution is 2.46. The van der Waals surface area contributed by atoms with Crippen LogP contribution in [-0.2, 0) is 4.79 Å². The maximum atomic E-state index is 12.0. The van der Waals surface area contributed by atoms with E-state index in [4.69, 9.17) is 9.47 Å². The molecule has 8 nitrogen and oxygen atoms in total. The van der Waals surface area contributed by atoms with Crippen molar-refractivity contribution in [1.29, 1.82) is 0 Å². The number of nitrogens with zero attached hydrogens (tertiary/aromatic N) is 1. The van der Waals surface area contributed by atoms with Crippen molar-refractivity contribution in [3.63, 3.8) is 0 Å². The number of ether oxygens (including phenoxy) is 2. The highest BCUT2D eigenvalue weighted by Gasteiger charge is 2.34. The van der Waals surface area contributed by atoms with E-state index in [9.17, 15) is 19.8 Å². The van der Waals surface area contributed by atoms with Gasteiger partial charge in [0.15, 0.2) is 17.2 Å². The summed E-state index contributed by atoms with van der Waals surface area (Å²) in [6, 6.07) is 3.20. The number of amides is 1. The number of carboxylic acid groups (broad SMARTS) is 1. The van der Waals surface area contributed by atoms with Gasteiger partial charge in [-0.2, -0.15) is 4.37 Å². The van der Waals surface area contributed by atoms with Crippen LogP contribution in [0.5, 0.6) is 17.2 Å². The predicted molar refractivity (Wildman–Crippen MR) is 85.4 cm³/mol. The van der Waals surface area contributed by atoms with E-state index in [0.717, 1.165) is 11.5 Å². The van der Waals surface area contributed by atoms with Gasteiger partial charge in [-0.05, 0) is 29.2 Å². The van der Waals surface area contributed by atoms with Crippen LogP contribution < -0.4 is 14.8 Å². The Morgan fingerprint density at radius 3 is 2.50 bits per heavy atom. The van der Waals surface area contributed by atoms with Crippen molar-refractivity contribution in [2.24, 2.45) is 0 Å². The molecule has 0 bridgehead atoms. The Labute approximate surface area is 140 Å². The van der Waals surface area contributed by atoms with Crippen molar-refractivity contribution < 1.29 is 29.3 Å². The van der Waals surface area contributed by atoms with Crippen molar-refractivity contribution in [3.05, 3.63) is 28.3 Å². The van der Waals surface area contributed by atoms with E-state index in [1.807, 2.05) is 0 Å². The molecule has 1 atom stereocenters. The average Bonchev–Trinajstić information content (AvgIpc) is 2.98. The number of carboxylic acids is 1. The summed E-state index contributed by atoms with van der Waals surface area (Å²) in [6.07, 6.45) is 0.130. The standard InChI is InChI=1S/C15H14N2O6S/c1-22-8-3-6(4-9(23-2)13(8)19)7-5-10(18)16-11-12(15(20)21)17-24-14(7)11/h3-4,7,19H,5H2,1-2H3,(H,16,18)(H,20,21). The molecule has 2 heterocycles. The van der Waals surface area contributed by atoms with Crippen molar-refractivity contribution in [1.82, 2.24) is 4.37 Å². The van der Waals surface area contributed by atoms with E-state index in [1.165, 1.54) is 14.2 Å². The second-order valence-corrected chi connectivity index (χ2v) is 5.96. The molecule has 1 aliphatic heterocycles. The zero-order chi connectivity index (χ0) is 17.4. The molecular formula is C15H14N2O6S. The number of aromatic carboxylic acids is 1. The summed E-state index contributed by atoms with van der Waals surface area (Å²) in [7, 11) is 2.82. The maximum absolute atomic E-state index is 12.0. The number of carbonyl (C=O) groups excluding carboxylic acids is 1. The van der Waals surface area contributed by atoms with Crippen LogP contribution in [0.2, 0.25) is 0 Å². The number of hydrogen-bond donors (Lipinski definition) is 3. The van der Waals surface area contributed by atoms with Gasteiger partial charge in [0.25, 0.3) is 0 Å². The summed E-state index contributed by atoms with van der Waals surface area (Å²) in [4.78, 5) is 23.9. The highest BCUT2D eigenvalue weighted by molar-refractivity contribution is 7.06. The first-order chi connectivity index (χ1) is 11.5. The highest BCUT2D eigenvalue weighted by atomic mass is 32.1. The molecule has 1 aromatic heterocycles. The van der Waals surface area contributed by atoms with Gasteiger partial charge < -0.3 is 25.0 Å². The number of aromatic nitrogens is 1. The molecule has 126 valence electrons. The molecule has 1 aromatic carbocycles. The Morgan fingerprint density at radius 1 is 1.33 bits per heavy atom. The van der Waals surface area contributed by atoms with Gasteiger partial charge in [-0.25, -0.2) is 4.79 Å². The van der Waals surface area contributed by atoms with Crippen molar-refractivity contribution in [2.75, 3.05) is 19.5 Å². The van der Waals surface area contributed by atoms with Crippen LogP contribution in [0.1, 0.15) is 33.3 Å². The molecule has 24 heavy (non-hydrogen) atoms. The molecule has 0 aliphatic carbocycles. The van der Waals surface area contributed by atoms with Crippen molar-refractivity contribution in [3.8, 4) is 17.2 Å². The number of fused-ring (bicyclic) bond motifs is 1. The first kappa shape index (κ1) is 16.1. The minimum Gasteiger partial charge on any atom is -0.502 e. The largest absolute Gasteiger partial charge is 0.502 e. The lowest BCUT2D eigenvalue weighted by Crippen LogP contribution is -2.23. The second-order valence-electron chi connectivity index (χ2n) is 5.15. The number of carbonyl (C=O) groups is 2. The third-order valence-corrected chi connectivity index (χ3v) is 4.76. The van der Waals surface area contributed by atoms with Crippen LogP contribution in [0, 0.1) is 0 Å². The Morgan fingerprint density at radius 2 is 1.96 bits per heavy atom. The number of anilines is 1. The number of benzene rings is 1. The molecular weight excluding hydrogens is 336 g/mol. The number of rotatable bonds is 4. The summed E-state index contributed by atoms with van der Waals surface area (Å²) in [5, 5.41) is 21.8. The van der Waals surface area contributed by atoms with E-state index >= 15 is 0 Å². The zero-order valence-corrected chi connectivity index (χ0v) is 13.6. The summed E-state index contributed by atoms with van der Waals surface area (Å²) in [5.41, 5.74) is 0.712. The van der Waals surface area contributed by atoms with Gasteiger partial charge in [0, 0.05) is 12.3 Å². The molecule has 2 aromatic rings. The normalized spacial score (nSPS) is 16.2. The van der Waals surface area contributed by atoms with Gasteiger partial charge >= 0.3 is 5.97 Å². The first-order valence-corrected chi connectivity index (χ1v) is 7.71. The molecule has 1 unspecified atom stereocenters. The van der Waals surface area contributed by atoms with E-state index in [2.05, 4.69) is 9.69 Å². The third-order valence-electron chi connectivity index (χ3n) is 3.80. The van der Waals surface area contributed by atoms with Crippen LogP contribution in [0.3, 0.4) is 0 Å². The minimum atomic E-state index is -1.20. The van der Waals surface area contributed by atoms with E-state index in [-0.39, 0.29) is 41.0 Å². The fourth-order valence-corrected chi connectivity index (χ4v) is 3.60. The number of hydrogen-bond acceptors (Lipinski definition) is 7. The second kappa shape index (κ2) is 6.00. The molecule has 0 spiro atoms. The van der Waals surface area contributed by atoms with Gasteiger partial charge in [0.1, 0.15) is 0 Å². The summed E-state index contributed by atoms with van der Waals surface area (Å²) >= 11 is 1.03.